The Kier molecular flexibility index (Phi) is 7.62. The zero-order chi connectivity index (χ0) is 16.8. The molecule has 0 fully saturated rings. The summed E-state index contributed by atoms with van der Waals surface area (Å²) in [6.45, 7) is 7.78. The Morgan fingerprint density at radius 3 is 2.05 bits per heavy atom. The third-order valence-electron chi connectivity index (χ3n) is 3.07. The molecule has 0 atom stereocenters. The van der Waals surface area contributed by atoms with E-state index in [1.165, 1.54) is 6.07 Å². The molecule has 0 saturated carbocycles. The Morgan fingerprint density at radius 2 is 1.59 bits per heavy atom. The highest BCUT2D eigenvalue weighted by Crippen LogP contribution is 2.22. The van der Waals surface area contributed by atoms with Gasteiger partial charge in [0.1, 0.15) is 0 Å². The van der Waals surface area contributed by atoms with Gasteiger partial charge < -0.3 is 13.3 Å². The van der Waals surface area contributed by atoms with Crippen molar-refractivity contribution in [2.24, 2.45) is 0 Å². The molecule has 1 aromatic rings. The molecule has 0 aliphatic carbocycles. The lowest BCUT2D eigenvalue weighted by Gasteiger charge is -2.31. The maximum Gasteiger partial charge on any atom is 0.501 e. The lowest BCUT2D eigenvalue weighted by atomic mass is 10.1. The van der Waals surface area contributed by atoms with Gasteiger partial charge in [-0.3, -0.25) is 0 Å². The standard InChI is InChI=1S/C16H26F2O3Si/c1-12(2)20-22(19-5,21-13(3)4)10-6-7-14-8-9-15(17)16(18)11-14/h8-9,11-13H,6-7,10H2,1-5H3. The minimum absolute atomic E-state index is 0.00799. The molecule has 0 aromatic heterocycles. The molecule has 0 N–H and O–H groups in total. The predicted molar refractivity (Wildman–Crippen MR) is 84.7 cm³/mol. The molecule has 0 saturated heterocycles. The summed E-state index contributed by atoms with van der Waals surface area (Å²) >= 11 is 0. The highest BCUT2D eigenvalue weighted by atomic mass is 28.4. The summed E-state index contributed by atoms with van der Waals surface area (Å²) in [6, 6.07) is 4.62. The van der Waals surface area contributed by atoms with Crippen LogP contribution in [0.1, 0.15) is 39.7 Å². The van der Waals surface area contributed by atoms with Crippen LogP contribution >= 0.6 is 0 Å². The molecule has 0 amide bonds. The van der Waals surface area contributed by atoms with Crippen molar-refractivity contribution in [2.45, 2.75) is 58.8 Å². The Hall–Kier alpha value is -0.823. The van der Waals surface area contributed by atoms with E-state index in [1.807, 2.05) is 27.7 Å². The Bertz CT molecular complexity index is 457. The molecule has 3 nitrogen and oxygen atoms in total. The van der Waals surface area contributed by atoms with Gasteiger partial charge in [-0.1, -0.05) is 6.07 Å². The average Bonchev–Trinajstić information content (AvgIpc) is 2.41. The molecular formula is C16H26F2O3Si. The van der Waals surface area contributed by atoms with Gasteiger partial charge in [0.2, 0.25) is 0 Å². The van der Waals surface area contributed by atoms with Crippen molar-refractivity contribution in [1.82, 2.24) is 0 Å². The number of benzene rings is 1. The zero-order valence-electron chi connectivity index (χ0n) is 14.0. The van der Waals surface area contributed by atoms with Gasteiger partial charge in [-0.25, -0.2) is 8.78 Å². The fourth-order valence-corrected chi connectivity index (χ4v) is 5.00. The molecule has 1 rings (SSSR count). The Balaban J connectivity index is 2.67. The van der Waals surface area contributed by atoms with Gasteiger partial charge in [-0.15, -0.1) is 0 Å². The third kappa shape index (κ3) is 6.12. The van der Waals surface area contributed by atoms with Crippen LogP contribution in [-0.2, 0) is 19.7 Å². The van der Waals surface area contributed by atoms with E-state index in [9.17, 15) is 8.78 Å². The van der Waals surface area contributed by atoms with E-state index < -0.39 is 20.4 Å². The monoisotopic (exact) mass is 332 g/mol. The Labute approximate surface area is 133 Å². The van der Waals surface area contributed by atoms with E-state index in [4.69, 9.17) is 13.3 Å². The van der Waals surface area contributed by atoms with E-state index in [2.05, 4.69) is 0 Å². The molecule has 126 valence electrons. The highest BCUT2D eigenvalue weighted by molar-refractivity contribution is 6.60. The maximum absolute atomic E-state index is 13.2. The van der Waals surface area contributed by atoms with E-state index in [0.717, 1.165) is 18.1 Å². The summed E-state index contributed by atoms with van der Waals surface area (Å²) in [5, 5.41) is 0. The molecule has 0 bridgehead atoms. The van der Waals surface area contributed by atoms with Crippen LogP contribution in [0.3, 0.4) is 0 Å². The summed E-state index contributed by atoms with van der Waals surface area (Å²) in [6.07, 6.45) is 1.37. The summed E-state index contributed by atoms with van der Waals surface area (Å²) in [7, 11) is -1.14. The minimum Gasteiger partial charge on any atom is -0.377 e. The van der Waals surface area contributed by atoms with Crippen molar-refractivity contribution in [3.8, 4) is 0 Å². The van der Waals surface area contributed by atoms with E-state index in [1.54, 1.807) is 13.2 Å². The van der Waals surface area contributed by atoms with E-state index in [0.29, 0.717) is 12.5 Å². The third-order valence-corrected chi connectivity index (χ3v) is 6.32. The van der Waals surface area contributed by atoms with Gasteiger partial charge >= 0.3 is 8.80 Å². The first-order chi connectivity index (χ1) is 10.3. The molecular weight excluding hydrogens is 306 g/mol. The zero-order valence-corrected chi connectivity index (χ0v) is 15.0. The van der Waals surface area contributed by atoms with Crippen molar-refractivity contribution in [3.63, 3.8) is 0 Å². The maximum atomic E-state index is 13.2. The van der Waals surface area contributed by atoms with Crippen LogP contribution in [0, 0.1) is 11.6 Å². The molecule has 0 aliphatic rings. The number of hydrogen-bond acceptors (Lipinski definition) is 3. The van der Waals surface area contributed by atoms with Gasteiger partial charge in [-0.2, -0.15) is 0 Å². The van der Waals surface area contributed by atoms with Gasteiger partial charge in [0.15, 0.2) is 11.6 Å². The normalized spacial score (nSPS) is 12.4. The van der Waals surface area contributed by atoms with Gasteiger partial charge in [-0.05, 0) is 58.2 Å². The van der Waals surface area contributed by atoms with Crippen LogP contribution in [0.2, 0.25) is 6.04 Å². The quantitative estimate of drug-likeness (QED) is 0.630. The number of aryl methyl sites for hydroxylation is 1. The number of halogens is 2. The first-order valence-electron chi connectivity index (χ1n) is 7.62. The average molecular weight is 332 g/mol. The van der Waals surface area contributed by atoms with Gasteiger partial charge in [0.25, 0.3) is 0 Å². The first-order valence-corrected chi connectivity index (χ1v) is 9.56. The summed E-state index contributed by atoms with van der Waals surface area (Å²) in [4.78, 5) is 0. The second-order valence-corrected chi connectivity index (χ2v) is 8.57. The Morgan fingerprint density at radius 1 is 1.00 bits per heavy atom. The van der Waals surface area contributed by atoms with Crippen molar-refractivity contribution in [1.29, 1.82) is 0 Å². The second-order valence-electron chi connectivity index (χ2n) is 5.82. The van der Waals surface area contributed by atoms with Crippen LogP contribution in [-0.4, -0.2) is 28.1 Å². The van der Waals surface area contributed by atoms with Gasteiger partial charge in [0, 0.05) is 25.4 Å². The number of rotatable bonds is 9. The smallest absolute Gasteiger partial charge is 0.377 e. The van der Waals surface area contributed by atoms with Crippen LogP contribution in [0.5, 0.6) is 0 Å². The molecule has 0 radical (unpaired) electrons. The topological polar surface area (TPSA) is 27.7 Å². The van der Waals surface area contributed by atoms with Crippen molar-refractivity contribution >= 4 is 8.80 Å². The van der Waals surface area contributed by atoms with Crippen molar-refractivity contribution in [3.05, 3.63) is 35.4 Å². The van der Waals surface area contributed by atoms with Crippen LogP contribution in [0.4, 0.5) is 8.78 Å². The molecule has 1 aromatic carbocycles. The molecule has 6 heteroatoms. The molecule has 0 aliphatic heterocycles. The second kappa shape index (κ2) is 8.72. The van der Waals surface area contributed by atoms with E-state index >= 15 is 0 Å². The van der Waals surface area contributed by atoms with Crippen molar-refractivity contribution in [2.75, 3.05) is 7.11 Å². The van der Waals surface area contributed by atoms with Crippen LogP contribution in [0.15, 0.2) is 18.2 Å². The summed E-state index contributed by atoms with van der Waals surface area (Å²) < 4.78 is 43.6. The molecule has 22 heavy (non-hydrogen) atoms. The highest BCUT2D eigenvalue weighted by Gasteiger charge is 2.41. The lowest BCUT2D eigenvalue weighted by molar-refractivity contribution is 0.0325. The largest absolute Gasteiger partial charge is 0.501 e. The minimum atomic E-state index is -2.74. The van der Waals surface area contributed by atoms with E-state index in [-0.39, 0.29) is 12.2 Å². The van der Waals surface area contributed by atoms with Crippen LogP contribution in [0.25, 0.3) is 0 Å². The molecule has 0 heterocycles. The number of hydrogen-bond donors (Lipinski definition) is 0. The van der Waals surface area contributed by atoms with Crippen LogP contribution < -0.4 is 0 Å². The molecule has 0 spiro atoms. The lowest BCUT2D eigenvalue weighted by Crippen LogP contribution is -2.48. The fraction of sp³-hybridized carbons (Fsp3) is 0.625. The summed E-state index contributed by atoms with van der Waals surface area (Å²) in [5.74, 6) is -1.64. The predicted octanol–water partition coefficient (Wildman–Crippen LogP) is 4.33. The van der Waals surface area contributed by atoms with Crippen molar-refractivity contribution < 1.29 is 22.1 Å². The fourth-order valence-electron chi connectivity index (χ4n) is 2.27. The SMILES string of the molecule is CO[Si](CCCc1ccc(F)c(F)c1)(OC(C)C)OC(C)C. The first kappa shape index (κ1) is 19.2. The van der Waals surface area contributed by atoms with Gasteiger partial charge in [0.05, 0.1) is 0 Å². The summed E-state index contributed by atoms with van der Waals surface area (Å²) in [5.41, 5.74) is 0.756. The molecule has 0 unspecified atom stereocenters.